The van der Waals surface area contributed by atoms with Gasteiger partial charge in [-0.2, -0.15) is 0 Å². The molecule has 0 radical (unpaired) electrons. The molecule has 8 nitrogen and oxygen atoms in total. The highest BCUT2D eigenvalue weighted by molar-refractivity contribution is 5.94. The molecule has 1 aromatic carbocycles. The number of amides is 1. The molecule has 2 aromatic heterocycles. The third-order valence-electron chi connectivity index (χ3n) is 5.68. The summed E-state index contributed by atoms with van der Waals surface area (Å²) in [6, 6.07) is 6.18. The van der Waals surface area contributed by atoms with Crippen LogP contribution in [-0.2, 0) is 31.9 Å². The molecule has 0 saturated heterocycles. The molecular formula is C21H25N5O3. The molecule has 0 spiro atoms. The van der Waals surface area contributed by atoms with E-state index in [1.165, 1.54) is 16.5 Å². The zero-order valence-corrected chi connectivity index (χ0v) is 17.2. The van der Waals surface area contributed by atoms with Crippen molar-refractivity contribution in [2.75, 3.05) is 11.4 Å². The lowest BCUT2D eigenvalue weighted by Crippen LogP contribution is -2.45. The normalized spacial score (nSPS) is 13.9. The summed E-state index contributed by atoms with van der Waals surface area (Å²) in [4.78, 5) is 44.5. The van der Waals surface area contributed by atoms with E-state index >= 15 is 0 Å². The fourth-order valence-corrected chi connectivity index (χ4v) is 3.99. The van der Waals surface area contributed by atoms with Crippen LogP contribution in [-0.4, -0.2) is 31.1 Å². The molecular weight excluding hydrogens is 370 g/mol. The lowest BCUT2D eigenvalue weighted by molar-refractivity contribution is -0.119. The van der Waals surface area contributed by atoms with Gasteiger partial charge in [0.1, 0.15) is 6.54 Å². The van der Waals surface area contributed by atoms with Crippen LogP contribution >= 0.6 is 0 Å². The van der Waals surface area contributed by atoms with Crippen LogP contribution in [0.2, 0.25) is 0 Å². The molecule has 0 saturated carbocycles. The Bertz CT molecular complexity index is 1230. The second-order valence-corrected chi connectivity index (χ2v) is 7.95. The van der Waals surface area contributed by atoms with E-state index in [1.807, 2.05) is 12.1 Å². The SMILES string of the molecule is CC(C)c1ccc2c(c1)CCCN2C(=O)Cn1c(=O)c2c(ncn2C)n(C)c1=O. The van der Waals surface area contributed by atoms with Gasteiger partial charge in [-0.05, 0) is 36.0 Å². The third kappa shape index (κ3) is 3.08. The highest BCUT2D eigenvalue weighted by atomic mass is 16.2. The fraction of sp³-hybridized carbons (Fsp3) is 0.429. The van der Waals surface area contributed by atoms with Crippen molar-refractivity contribution in [2.24, 2.45) is 14.1 Å². The van der Waals surface area contributed by atoms with Crippen LogP contribution in [0.5, 0.6) is 0 Å². The Balaban J connectivity index is 1.73. The highest BCUT2D eigenvalue weighted by Crippen LogP contribution is 2.30. The number of fused-ring (bicyclic) bond motifs is 2. The smallest absolute Gasteiger partial charge is 0.328 e. The fourth-order valence-electron chi connectivity index (χ4n) is 3.99. The van der Waals surface area contributed by atoms with E-state index in [-0.39, 0.29) is 12.5 Å². The van der Waals surface area contributed by atoms with E-state index < -0.39 is 11.2 Å². The Morgan fingerprint density at radius 3 is 2.69 bits per heavy atom. The van der Waals surface area contributed by atoms with Gasteiger partial charge in [0.15, 0.2) is 11.2 Å². The zero-order valence-electron chi connectivity index (χ0n) is 17.2. The first-order valence-electron chi connectivity index (χ1n) is 9.83. The lowest BCUT2D eigenvalue weighted by atomic mass is 9.95. The highest BCUT2D eigenvalue weighted by Gasteiger charge is 2.25. The van der Waals surface area contributed by atoms with Gasteiger partial charge in [0, 0.05) is 26.3 Å². The number of nitrogens with zero attached hydrogens (tertiary/aromatic N) is 5. The number of anilines is 1. The number of imidazole rings is 1. The average Bonchev–Trinajstić information content (AvgIpc) is 3.10. The van der Waals surface area contributed by atoms with Crippen molar-refractivity contribution in [1.82, 2.24) is 18.7 Å². The molecule has 0 aliphatic carbocycles. The minimum atomic E-state index is -0.540. The minimum Gasteiger partial charge on any atom is -0.328 e. The van der Waals surface area contributed by atoms with E-state index in [1.54, 1.807) is 23.6 Å². The number of carbonyl (C=O) groups is 1. The molecule has 8 heteroatoms. The van der Waals surface area contributed by atoms with Gasteiger partial charge in [-0.25, -0.2) is 14.3 Å². The molecule has 3 heterocycles. The molecule has 1 aliphatic heterocycles. The molecule has 0 unspecified atom stereocenters. The van der Waals surface area contributed by atoms with E-state index in [2.05, 4.69) is 24.9 Å². The summed E-state index contributed by atoms with van der Waals surface area (Å²) in [5.41, 5.74) is 2.84. The zero-order chi connectivity index (χ0) is 20.9. The van der Waals surface area contributed by atoms with Crippen molar-refractivity contribution in [3.8, 4) is 0 Å². The first kappa shape index (κ1) is 19.2. The third-order valence-corrected chi connectivity index (χ3v) is 5.68. The van der Waals surface area contributed by atoms with E-state index in [0.29, 0.717) is 23.6 Å². The Morgan fingerprint density at radius 1 is 1.21 bits per heavy atom. The van der Waals surface area contributed by atoms with Crippen molar-refractivity contribution >= 4 is 22.8 Å². The van der Waals surface area contributed by atoms with Crippen LogP contribution in [0.25, 0.3) is 11.2 Å². The van der Waals surface area contributed by atoms with Gasteiger partial charge < -0.3 is 9.47 Å². The second kappa shape index (κ2) is 7.02. The Morgan fingerprint density at radius 2 is 1.97 bits per heavy atom. The average molecular weight is 395 g/mol. The summed E-state index contributed by atoms with van der Waals surface area (Å²) < 4.78 is 3.88. The Hall–Kier alpha value is -3.16. The summed E-state index contributed by atoms with van der Waals surface area (Å²) in [6.07, 6.45) is 3.27. The minimum absolute atomic E-state index is 0.260. The first-order chi connectivity index (χ1) is 13.8. The topological polar surface area (TPSA) is 82.1 Å². The first-order valence-corrected chi connectivity index (χ1v) is 9.83. The van der Waals surface area contributed by atoms with Crippen molar-refractivity contribution in [1.29, 1.82) is 0 Å². The number of hydrogen-bond donors (Lipinski definition) is 0. The molecule has 4 rings (SSSR count). The molecule has 1 amide bonds. The van der Waals surface area contributed by atoms with Crippen LogP contribution in [0.1, 0.15) is 37.3 Å². The van der Waals surface area contributed by atoms with E-state index in [0.717, 1.165) is 28.7 Å². The summed E-state index contributed by atoms with van der Waals surface area (Å²) in [5.74, 6) is 0.155. The second-order valence-electron chi connectivity index (χ2n) is 7.95. The maximum Gasteiger partial charge on any atom is 0.332 e. The summed E-state index contributed by atoms with van der Waals surface area (Å²) in [6.45, 7) is 4.57. The van der Waals surface area contributed by atoms with Gasteiger partial charge in [-0.3, -0.25) is 14.2 Å². The number of hydrogen-bond acceptors (Lipinski definition) is 4. The molecule has 152 valence electrons. The predicted octanol–water partition coefficient (Wildman–Crippen LogP) is 1.54. The molecule has 0 atom stereocenters. The van der Waals surface area contributed by atoms with Crippen molar-refractivity contribution in [3.05, 3.63) is 56.5 Å². The maximum absolute atomic E-state index is 13.1. The molecule has 3 aromatic rings. The van der Waals surface area contributed by atoms with Crippen LogP contribution in [0, 0.1) is 0 Å². The standard InChI is InChI=1S/C21H25N5O3/c1-13(2)14-7-8-16-15(10-14)6-5-9-25(16)17(27)11-26-20(28)18-19(22-12-23(18)3)24(4)21(26)29/h7-8,10,12-13H,5-6,9,11H2,1-4H3. The van der Waals surface area contributed by atoms with Gasteiger partial charge in [0.25, 0.3) is 5.56 Å². The van der Waals surface area contributed by atoms with Gasteiger partial charge in [-0.15, -0.1) is 0 Å². The van der Waals surface area contributed by atoms with Crippen LogP contribution in [0.4, 0.5) is 5.69 Å². The monoisotopic (exact) mass is 395 g/mol. The molecule has 29 heavy (non-hydrogen) atoms. The van der Waals surface area contributed by atoms with Crippen molar-refractivity contribution in [3.63, 3.8) is 0 Å². The predicted molar refractivity (Wildman–Crippen MR) is 111 cm³/mol. The molecule has 0 N–H and O–H groups in total. The number of aryl methyl sites for hydroxylation is 3. The summed E-state index contributed by atoms with van der Waals surface area (Å²) >= 11 is 0. The largest absolute Gasteiger partial charge is 0.332 e. The molecule has 0 fully saturated rings. The molecule has 0 bridgehead atoms. The van der Waals surface area contributed by atoms with Crippen molar-refractivity contribution < 1.29 is 4.79 Å². The number of carbonyl (C=O) groups excluding carboxylic acids is 1. The van der Waals surface area contributed by atoms with Gasteiger partial charge >= 0.3 is 5.69 Å². The lowest BCUT2D eigenvalue weighted by Gasteiger charge is -2.30. The molecule has 1 aliphatic rings. The Kier molecular flexibility index (Phi) is 4.64. The number of benzene rings is 1. The summed E-state index contributed by atoms with van der Waals surface area (Å²) in [5, 5.41) is 0. The quantitative estimate of drug-likeness (QED) is 0.674. The van der Waals surface area contributed by atoms with Gasteiger partial charge in [-0.1, -0.05) is 26.0 Å². The van der Waals surface area contributed by atoms with Crippen LogP contribution in [0.15, 0.2) is 34.1 Å². The maximum atomic E-state index is 13.1. The number of aromatic nitrogens is 4. The summed E-state index contributed by atoms with van der Waals surface area (Å²) in [7, 11) is 3.25. The van der Waals surface area contributed by atoms with Crippen molar-refractivity contribution in [2.45, 2.75) is 39.2 Å². The van der Waals surface area contributed by atoms with E-state index in [4.69, 9.17) is 0 Å². The van der Waals surface area contributed by atoms with Gasteiger partial charge in [0.05, 0.1) is 6.33 Å². The van der Waals surface area contributed by atoms with E-state index in [9.17, 15) is 14.4 Å². The van der Waals surface area contributed by atoms with Crippen LogP contribution < -0.4 is 16.1 Å². The van der Waals surface area contributed by atoms with Crippen LogP contribution in [0.3, 0.4) is 0 Å². The number of rotatable bonds is 3. The van der Waals surface area contributed by atoms with Gasteiger partial charge in [0.2, 0.25) is 5.91 Å². The Labute approximate surface area is 168 Å².